The van der Waals surface area contributed by atoms with Gasteiger partial charge in [-0.25, -0.2) is 9.37 Å². The minimum atomic E-state index is -0.330. The Morgan fingerprint density at radius 3 is 2.76 bits per heavy atom. The summed E-state index contributed by atoms with van der Waals surface area (Å²) in [7, 11) is 1.86. The predicted molar refractivity (Wildman–Crippen MR) is 81.0 cm³/mol. The summed E-state index contributed by atoms with van der Waals surface area (Å²) >= 11 is 0. The van der Waals surface area contributed by atoms with E-state index in [1.807, 2.05) is 37.4 Å². The Kier molecular flexibility index (Phi) is 3.79. The number of ether oxygens (including phenoxy) is 1. The molecule has 3 rings (SSSR count). The lowest BCUT2D eigenvalue weighted by molar-refractivity contribution is 0.452. The van der Waals surface area contributed by atoms with Crippen LogP contribution in [0.1, 0.15) is 5.56 Å². The highest BCUT2D eigenvalue weighted by Gasteiger charge is 2.09. The van der Waals surface area contributed by atoms with Gasteiger partial charge in [0.05, 0.1) is 5.52 Å². The van der Waals surface area contributed by atoms with E-state index in [1.165, 1.54) is 12.1 Å². The van der Waals surface area contributed by atoms with Crippen LogP contribution in [0.3, 0.4) is 0 Å². The monoisotopic (exact) mass is 282 g/mol. The second-order valence-electron chi connectivity index (χ2n) is 4.74. The van der Waals surface area contributed by atoms with Gasteiger partial charge in [-0.05, 0) is 31.3 Å². The van der Waals surface area contributed by atoms with Crippen LogP contribution in [0.5, 0.6) is 11.6 Å². The molecule has 0 unspecified atom stereocenters. The molecule has 0 aliphatic carbocycles. The Hall–Kier alpha value is -2.46. The molecule has 106 valence electrons. The van der Waals surface area contributed by atoms with Gasteiger partial charge in [0.15, 0.2) is 0 Å². The highest BCUT2D eigenvalue weighted by Crippen LogP contribution is 2.27. The summed E-state index contributed by atoms with van der Waals surface area (Å²) in [6, 6.07) is 15.9. The Balaban J connectivity index is 2.04. The second-order valence-corrected chi connectivity index (χ2v) is 4.74. The van der Waals surface area contributed by atoms with Crippen molar-refractivity contribution >= 4 is 10.9 Å². The van der Waals surface area contributed by atoms with Crippen molar-refractivity contribution in [3.05, 3.63) is 66.0 Å². The van der Waals surface area contributed by atoms with E-state index >= 15 is 0 Å². The molecule has 0 bridgehead atoms. The standard InChI is InChI=1S/C17H15FN2O/c1-19-11-13-9-12-5-2-3-8-16(12)20-17(13)21-15-7-4-6-14(18)10-15/h2-10,19H,11H2,1H3. The Morgan fingerprint density at radius 1 is 1.10 bits per heavy atom. The lowest BCUT2D eigenvalue weighted by Gasteiger charge is -2.11. The number of rotatable bonds is 4. The number of halogens is 1. The molecule has 21 heavy (non-hydrogen) atoms. The number of aromatic nitrogens is 1. The molecule has 4 heteroatoms. The van der Waals surface area contributed by atoms with Gasteiger partial charge in [0.1, 0.15) is 11.6 Å². The minimum Gasteiger partial charge on any atom is -0.439 e. The molecule has 3 aromatic rings. The molecule has 1 aromatic heterocycles. The van der Waals surface area contributed by atoms with Crippen LogP contribution in [-0.4, -0.2) is 12.0 Å². The Bertz CT molecular complexity index is 774. The van der Waals surface area contributed by atoms with Gasteiger partial charge in [-0.15, -0.1) is 0 Å². The zero-order valence-electron chi connectivity index (χ0n) is 11.6. The Morgan fingerprint density at radius 2 is 1.95 bits per heavy atom. The molecule has 0 aliphatic heterocycles. The molecular formula is C17H15FN2O. The summed E-state index contributed by atoms with van der Waals surface area (Å²) in [6.07, 6.45) is 0. The van der Waals surface area contributed by atoms with E-state index in [4.69, 9.17) is 4.74 Å². The number of hydrogen-bond acceptors (Lipinski definition) is 3. The van der Waals surface area contributed by atoms with Crippen molar-refractivity contribution in [2.45, 2.75) is 6.54 Å². The second kappa shape index (κ2) is 5.89. The number of fused-ring (bicyclic) bond motifs is 1. The number of nitrogens with zero attached hydrogens (tertiary/aromatic N) is 1. The molecule has 0 aliphatic rings. The topological polar surface area (TPSA) is 34.2 Å². The SMILES string of the molecule is CNCc1cc2ccccc2nc1Oc1cccc(F)c1. The van der Waals surface area contributed by atoms with E-state index in [0.29, 0.717) is 18.2 Å². The van der Waals surface area contributed by atoms with Crippen molar-refractivity contribution < 1.29 is 9.13 Å². The predicted octanol–water partition coefficient (Wildman–Crippen LogP) is 3.89. The molecule has 0 spiro atoms. The first-order chi connectivity index (χ1) is 10.3. The van der Waals surface area contributed by atoms with E-state index in [1.54, 1.807) is 12.1 Å². The highest BCUT2D eigenvalue weighted by molar-refractivity contribution is 5.80. The van der Waals surface area contributed by atoms with Gasteiger partial charge in [0, 0.05) is 23.6 Å². The fraction of sp³-hybridized carbons (Fsp3) is 0.118. The van der Waals surface area contributed by atoms with Gasteiger partial charge >= 0.3 is 0 Å². The highest BCUT2D eigenvalue weighted by atomic mass is 19.1. The molecule has 0 saturated heterocycles. The lowest BCUT2D eigenvalue weighted by Crippen LogP contribution is -2.07. The number of hydrogen-bond donors (Lipinski definition) is 1. The molecule has 0 saturated carbocycles. The summed E-state index contributed by atoms with van der Waals surface area (Å²) < 4.78 is 19.0. The van der Waals surface area contributed by atoms with Crippen molar-refractivity contribution in [2.75, 3.05) is 7.05 Å². The van der Waals surface area contributed by atoms with Gasteiger partial charge in [0.25, 0.3) is 0 Å². The minimum absolute atomic E-state index is 0.330. The van der Waals surface area contributed by atoms with Crippen LogP contribution in [0, 0.1) is 5.82 Å². The zero-order chi connectivity index (χ0) is 14.7. The average Bonchev–Trinajstić information content (AvgIpc) is 2.48. The van der Waals surface area contributed by atoms with Crippen LogP contribution in [-0.2, 0) is 6.54 Å². The van der Waals surface area contributed by atoms with Crippen molar-refractivity contribution in [1.29, 1.82) is 0 Å². The largest absolute Gasteiger partial charge is 0.439 e. The third-order valence-electron chi connectivity index (χ3n) is 3.14. The fourth-order valence-corrected chi connectivity index (χ4v) is 2.19. The Labute approximate surface area is 122 Å². The average molecular weight is 282 g/mol. The molecule has 0 fully saturated rings. The van der Waals surface area contributed by atoms with Gasteiger partial charge in [-0.1, -0.05) is 24.3 Å². The summed E-state index contributed by atoms with van der Waals surface area (Å²) in [5.41, 5.74) is 1.78. The molecule has 3 nitrogen and oxygen atoms in total. The van der Waals surface area contributed by atoms with E-state index in [0.717, 1.165) is 16.5 Å². The van der Waals surface area contributed by atoms with Gasteiger partial charge in [-0.3, -0.25) is 0 Å². The van der Waals surface area contributed by atoms with Crippen molar-refractivity contribution in [3.63, 3.8) is 0 Å². The number of benzene rings is 2. The quantitative estimate of drug-likeness (QED) is 0.788. The van der Waals surface area contributed by atoms with Gasteiger partial charge in [0.2, 0.25) is 5.88 Å². The first kappa shape index (κ1) is 13.5. The van der Waals surface area contributed by atoms with E-state index in [9.17, 15) is 4.39 Å². The fourth-order valence-electron chi connectivity index (χ4n) is 2.19. The zero-order valence-corrected chi connectivity index (χ0v) is 11.6. The third-order valence-corrected chi connectivity index (χ3v) is 3.14. The van der Waals surface area contributed by atoms with Crippen molar-refractivity contribution in [2.24, 2.45) is 0 Å². The van der Waals surface area contributed by atoms with Crippen LogP contribution in [0.25, 0.3) is 10.9 Å². The lowest BCUT2D eigenvalue weighted by atomic mass is 10.1. The molecular weight excluding hydrogens is 267 g/mol. The van der Waals surface area contributed by atoms with Crippen LogP contribution in [0.2, 0.25) is 0 Å². The van der Waals surface area contributed by atoms with Crippen LogP contribution >= 0.6 is 0 Å². The van der Waals surface area contributed by atoms with Gasteiger partial charge in [-0.2, -0.15) is 0 Å². The molecule has 1 heterocycles. The first-order valence-corrected chi connectivity index (χ1v) is 6.73. The maximum absolute atomic E-state index is 13.3. The van der Waals surface area contributed by atoms with Crippen LogP contribution in [0.4, 0.5) is 4.39 Å². The maximum atomic E-state index is 13.3. The summed E-state index contributed by atoms with van der Waals surface area (Å²) in [4.78, 5) is 4.53. The normalized spacial score (nSPS) is 10.8. The van der Waals surface area contributed by atoms with Crippen molar-refractivity contribution in [3.8, 4) is 11.6 Å². The number of para-hydroxylation sites is 1. The molecule has 1 N–H and O–H groups in total. The smallest absolute Gasteiger partial charge is 0.224 e. The summed E-state index contributed by atoms with van der Waals surface area (Å²) in [5.74, 6) is 0.604. The maximum Gasteiger partial charge on any atom is 0.224 e. The molecule has 0 radical (unpaired) electrons. The third kappa shape index (κ3) is 3.01. The van der Waals surface area contributed by atoms with E-state index < -0.39 is 0 Å². The molecule has 2 aromatic carbocycles. The van der Waals surface area contributed by atoms with Gasteiger partial charge < -0.3 is 10.1 Å². The van der Waals surface area contributed by atoms with Crippen LogP contribution in [0.15, 0.2) is 54.6 Å². The summed E-state index contributed by atoms with van der Waals surface area (Å²) in [6.45, 7) is 0.627. The number of nitrogens with one attached hydrogen (secondary N) is 1. The van der Waals surface area contributed by atoms with E-state index in [-0.39, 0.29) is 5.82 Å². The molecule has 0 amide bonds. The number of pyridine rings is 1. The van der Waals surface area contributed by atoms with E-state index in [2.05, 4.69) is 10.3 Å². The first-order valence-electron chi connectivity index (χ1n) is 6.73. The van der Waals surface area contributed by atoms with Crippen LogP contribution < -0.4 is 10.1 Å². The molecule has 0 atom stereocenters. The van der Waals surface area contributed by atoms with Crippen molar-refractivity contribution in [1.82, 2.24) is 10.3 Å². The summed E-state index contributed by atoms with van der Waals surface area (Å²) in [5, 5.41) is 4.14.